The molecule has 1 fully saturated rings. The van der Waals surface area contributed by atoms with Crippen molar-refractivity contribution in [1.82, 2.24) is 19.7 Å². The monoisotopic (exact) mass is 428 g/mol. The van der Waals surface area contributed by atoms with Crippen molar-refractivity contribution in [2.45, 2.75) is 45.3 Å². The third-order valence-corrected chi connectivity index (χ3v) is 5.52. The van der Waals surface area contributed by atoms with Crippen LogP contribution in [0.5, 0.6) is 5.75 Å². The summed E-state index contributed by atoms with van der Waals surface area (Å²) in [5.41, 5.74) is 0. The lowest BCUT2D eigenvalue weighted by atomic mass is 9.95. The molecule has 2 heterocycles. The maximum atomic E-state index is 12.7. The van der Waals surface area contributed by atoms with Crippen molar-refractivity contribution < 1.29 is 9.53 Å². The molecule has 1 saturated heterocycles. The number of hydrogen-bond donors (Lipinski definition) is 1. The Morgan fingerprint density at radius 1 is 1.33 bits per heavy atom. The predicted molar refractivity (Wildman–Crippen MR) is 108 cm³/mol. The minimum atomic E-state index is -0.610. The zero-order valence-corrected chi connectivity index (χ0v) is 17.6. The average molecular weight is 429 g/mol. The first kappa shape index (κ1) is 20.2. The lowest BCUT2D eigenvalue weighted by Crippen LogP contribution is -2.44. The molecule has 1 aliphatic rings. The molecule has 2 aromatic rings. The fourth-order valence-corrected chi connectivity index (χ4v) is 4.19. The van der Waals surface area contributed by atoms with Gasteiger partial charge in [0.1, 0.15) is 11.6 Å². The smallest absolute Gasteiger partial charge is 0.263 e. The number of nitrogens with zero attached hydrogens (tertiary/aromatic N) is 3. The van der Waals surface area contributed by atoms with Crippen molar-refractivity contribution in [2.24, 2.45) is 0 Å². The summed E-state index contributed by atoms with van der Waals surface area (Å²) >= 11 is 17.2. The summed E-state index contributed by atoms with van der Waals surface area (Å²) in [5.74, 6) is 1.72. The zero-order valence-electron chi connectivity index (χ0n) is 15.2. The first-order valence-electron chi connectivity index (χ1n) is 8.95. The summed E-state index contributed by atoms with van der Waals surface area (Å²) < 4.78 is 8.41. The summed E-state index contributed by atoms with van der Waals surface area (Å²) in [5, 5.41) is 8.20. The van der Waals surface area contributed by atoms with Crippen LogP contribution in [0.2, 0.25) is 10.0 Å². The zero-order chi connectivity index (χ0) is 19.6. The van der Waals surface area contributed by atoms with Crippen LogP contribution in [0.1, 0.15) is 38.4 Å². The van der Waals surface area contributed by atoms with Crippen LogP contribution in [0.3, 0.4) is 0 Å². The minimum Gasteiger partial charge on any atom is -0.481 e. The van der Waals surface area contributed by atoms with Gasteiger partial charge in [0.2, 0.25) is 0 Å². The van der Waals surface area contributed by atoms with Gasteiger partial charge in [-0.3, -0.25) is 9.89 Å². The van der Waals surface area contributed by atoms with Gasteiger partial charge in [-0.25, -0.2) is 0 Å². The molecule has 0 radical (unpaired) electrons. The number of aromatic amines is 1. The quantitative estimate of drug-likeness (QED) is 0.714. The number of benzene rings is 1. The SMILES string of the molecule is CCn1c(C2CCN(C(=O)C(C)Oc3cc(Cl)cc(Cl)c3)CC2)n[nH]c1=S. The summed E-state index contributed by atoms with van der Waals surface area (Å²) in [7, 11) is 0. The molecule has 1 aromatic heterocycles. The van der Waals surface area contributed by atoms with Crippen LogP contribution in [0.15, 0.2) is 18.2 Å². The lowest BCUT2D eigenvalue weighted by molar-refractivity contribution is -0.139. The number of halogens is 2. The number of likely N-dealkylation sites (tertiary alicyclic amines) is 1. The van der Waals surface area contributed by atoms with E-state index >= 15 is 0 Å². The topological polar surface area (TPSA) is 63.1 Å². The summed E-state index contributed by atoms with van der Waals surface area (Å²) in [6.45, 7) is 5.91. The van der Waals surface area contributed by atoms with Gasteiger partial charge in [-0.15, -0.1) is 0 Å². The fourth-order valence-electron chi connectivity index (χ4n) is 3.41. The van der Waals surface area contributed by atoms with E-state index in [2.05, 4.69) is 17.1 Å². The van der Waals surface area contributed by atoms with Gasteiger partial charge >= 0.3 is 0 Å². The normalized spacial score (nSPS) is 16.4. The Balaban J connectivity index is 1.60. The van der Waals surface area contributed by atoms with Crippen LogP contribution < -0.4 is 4.74 Å². The molecule has 27 heavy (non-hydrogen) atoms. The second-order valence-electron chi connectivity index (χ2n) is 6.60. The summed E-state index contributed by atoms with van der Waals surface area (Å²) in [4.78, 5) is 14.6. The molecule has 1 aliphatic heterocycles. The van der Waals surface area contributed by atoms with E-state index < -0.39 is 6.10 Å². The molecule has 1 unspecified atom stereocenters. The highest BCUT2D eigenvalue weighted by atomic mass is 35.5. The number of amides is 1. The number of rotatable bonds is 5. The van der Waals surface area contributed by atoms with E-state index in [-0.39, 0.29) is 5.91 Å². The second kappa shape index (κ2) is 8.63. The number of carbonyl (C=O) groups is 1. The van der Waals surface area contributed by atoms with Crippen LogP contribution in [0, 0.1) is 4.77 Å². The maximum Gasteiger partial charge on any atom is 0.263 e. The number of H-pyrrole nitrogens is 1. The van der Waals surface area contributed by atoms with E-state index in [9.17, 15) is 4.79 Å². The Hall–Kier alpha value is -1.57. The van der Waals surface area contributed by atoms with Crippen LogP contribution >= 0.6 is 35.4 Å². The van der Waals surface area contributed by atoms with Crippen LogP contribution in [0.25, 0.3) is 0 Å². The standard InChI is InChI=1S/C18H22Cl2N4O2S/c1-3-24-16(21-22-18(24)27)12-4-6-23(7-5-12)17(25)11(2)26-15-9-13(19)8-14(20)10-15/h8-12H,3-7H2,1-2H3,(H,22,27). The van der Waals surface area contributed by atoms with Gasteiger partial charge in [0.15, 0.2) is 10.9 Å². The number of hydrogen-bond acceptors (Lipinski definition) is 4. The molecule has 6 nitrogen and oxygen atoms in total. The first-order chi connectivity index (χ1) is 12.9. The third kappa shape index (κ3) is 4.65. The molecular weight excluding hydrogens is 407 g/mol. The third-order valence-electron chi connectivity index (χ3n) is 4.77. The van der Waals surface area contributed by atoms with Gasteiger partial charge in [-0.05, 0) is 57.1 Å². The molecule has 146 valence electrons. The molecule has 3 rings (SSSR count). The van der Waals surface area contributed by atoms with Crippen LogP contribution in [0.4, 0.5) is 0 Å². The van der Waals surface area contributed by atoms with E-state index in [1.807, 2.05) is 9.47 Å². The summed E-state index contributed by atoms with van der Waals surface area (Å²) in [6.07, 6.45) is 1.09. The Kier molecular flexibility index (Phi) is 6.44. The van der Waals surface area contributed by atoms with Crippen LogP contribution in [-0.2, 0) is 11.3 Å². The van der Waals surface area contributed by atoms with Crippen molar-refractivity contribution in [3.8, 4) is 5.75 Å². The van der Waals surface area contributed by atoms with Crippen molar-refractivity contribution >= 4 is 41.3 Å². The average Bonchev–Trinajstić information content (AvgIpc) is 3.01. The number of piperidine rings is 1. The summed E-state index contributed by atoms with van der Waals surface area (Å²) in [6, 6.07) is 4.92. The van der Waals surface area contributed by atoms with E-state index in [0.29, 0.717) is 39.6 Å². The molecule has 1 atom stereocenters. The minimum absolute atomic E-state index is 0.0427. The Morgan fingerprint density at radius 2 is 1.96 bits per heavy atom. The van der Waals surface area contributed by atoms with Gasteiger partial charge < -0.3 is 14.2 Å². The van der Waals surface area contributed by atoms with E-state index in [1.165, 1.54) is 0 Å². The molecule has 0 saturated carbocycles. The molecule has 0 spiro atoms. The largest absolute Gasteiger partial charge is 0.481 e. The number of nitrogens with one attached hydrogen (secondary N) is 1. The molecule has 0 bridgehead atoms. The highest BCUT2D eigenvalue weighted by molar-refractivity contribution is 7.71. The molecule has 1 amide bonds. The van der Waals surface area contributed by atoms with Crippen molar-refractivity contribution in [3.63, 3.8) is 0 Å². The van der Waals surface area contributed by atoms with E-state index in [1.54, 1.807) is 25.1 Å². The second-order valence-corrected chi connectivity index (χ2v) is 7.86. The highest BCUT2D eigenvalue weighted by Crippen LogP contribution is 2.28. The Labute approximate surface area is 173 Å². The fraction of sp³-hybridized carbons (Fsp3) is 0.500. The number of carbonyl (C=O) groups excluding carboxylic acids is 1. The lowest BCUT2D eigenvalue weighted by Gasteiger charge is -2.33. The van der Waals surface area contributed by atoms with Gasteiger partial charge in [0.25, 0.3) is 5.91 Å². The molecule has 1 aromatic carbocycles. The first-order valence-corrected chi connectivity index (χ1v) is 10.1. The van der Waals surface area contributed by atoms with E-state index in [0.717, 1.165) is 25.2 Å². The van der Waals surface area contributed by atoms with Crippen LogP contribution in [-0.4, -0.2) is 44.8 Å². The number of ether oxygens (including phenoxy) is 1. The van der Waals surface area contributed by atoms with Gasteiger partial charge in [-0.1, -0.05) is 23.2 Å². The molecule has 1 N–H and O–H groups in total. The molecule has 0 aliphatic carbocycles. The molecular formula is C18H22Cl2N4O2S. The van der Waals surface area contributed by atoms with Crippen molar-refractivity contribution in [3.05, 3.63) is 38.8 Å². The molecule has 9 heteroatoms. The Morgan fingerprint density at radius 3 is 2.56 bits per heavy atom. The highest BCUT2D eigenvalue weighted by Gasteiger charge is 2.29. The van der Waals surface area contributed by atoms with Gasteiger partial charge in [0.05, 0.1) is 0 Å². The van der Waals surface area contributed by atoms with Crippen molar-refractivity contribution in [2.75, 3.05) is 13.1 Å². The maximum absolute atomic E-state index is 12.7. The Bertz CT molecular complexity index is 854. The van der Waals surface area contributed by atoms with Crippen molar-refractivity contribution in [1.29, 1.82) is 0 Å². The number of aromatic nitrogens is 3. The van der Waals surface area contributed by atoms with Gasteiger partial charge in [-0.2, -0.15) is 5.10 Å². The van der Waals surface area contributed by atoms with Gasteiger partial charge in [0, 0.05) is 35.6 Å². The predicted octanol–water partition coefficient (Wildman–Crippen LogP) is 4.44. The van der Waals surface area contributed by atoms with E-state index in [4.69, 9.17) is 40.2 Å².